The Bertz CT molecular complexity index is 1370. The van der Waals surface area contributed by atoms with E-state index in [1.807, 2.05) is 31.2 Å². The largest absolute Gasteiger partial charge is 0.353 e. The summed E-state index contributed by atoms with van der Waals surface area (Å²) in [4.78, 5) is 14.9. The van der Waals surface area contributed by atoms with Crippen LogP contribution < -0.4 is 0 Å². The molecule has 0 radical (unpaired) electrons. The first kappa shape index (κ1) is 27.4. The zero-order valence-corrected chi connectivity index (χ0v) is 23.2. The van der Waals surface area contributed by atoms with Gasteiger partial charge in [-0.2, -0.15) is 4.31 Å². The van der Waals surface area contributed by atoms with Crippen LogP contribution in [-0.2, 0) is 43.9 Å². The third-order valence-electron chi connectivity index (χ3n) is 7.18. The van der Waals surface area contributed by atoms with E-state index in [-0.39, 0.29) is 37.6 Å². The van der Waals surface area contributed by atoms with Crippen LogP contribution >= 0.6 is 0 Å². The van der Waals surface area contributed by atoms with Crippen molar-refractivity contribution in [2.75, 3.05) is 25.5 Å². The number of rotatable bonds is 8. The Morgan fingerprint density at radius 3 is 2.33 bits per heavy atom. The zero-order chi connectivity index (χ0) is 27.4. The summed E-state index contributed by atoms with van der Waals surface area (Å²) in [6, 6.07) is 15.2. The molecule has 1 atom stereocenters. The number of benzene rings is 2. The SMILES string of the molecule is Cc1ccc(-c2ccc(CN3C(C)C(=O)N(Cc4cn(CCC5OCCCO5)nn4)CCS3(=O)=O)cc2)cc1. The van der Waals surface area contributed by atoms with Crippen molar-refractivity contribution in [1.82, 2.24) is 24.2 Å². The molecule has 3 aromatic rings. The van der Waals surface area contributed by atoms with Crippen LogP contribution in [0.1, 0.15) is 36.6 Å². The Morgan fingerprint density at radius 2 is 1.64 bits per heavy atom. The van der Waals surface area contributed by atoms with Gasteiger partial charge in [0.25, 0.3) is 0 Å². The fourth-order valence-electron chi connectivity index (χ4n) is 4.86. The lowest BCUT2D eigenvalue weighted by Crippen LogP contribution is -2.45. The molecule has 39 heavy (non-hydrogen) atoms. The van der Waals surface area contributed by atoms with Gasteiger partial charge in [-0.3, -0.25) is 9.48 Å². The van der Waals surface area contributed by atoms with Crippen LogP contribution in [0, 0.1) is 6.92 Å². The number of sulfonamides is 1. The van der Waals surface area contributed by atoms with Crippen LogP contribution in [0.2, 0.25) is 0 Å². The highest BCUT2D eigenvalue weighted by atomic mass is 32.2. The van der Waals surface area contributed by atoms with Crippen LogP contribution in [0.3, 0.4) is 0 Å². The Balaban J connectivity index is 1.22. The lowest BCUT2D eigenvalue weighted by atomic mass is 10.0. The number of carbonyl (C=O) groups excluding carboxylic acids is 1. The summed E-state index contributed by atoms with van der Waals surface area (Å²) < 4.78 is 40.6. The van der Waals surface area contributed by atoms with Gasteiger partial charge in [0.15, 0.2) is 6.29 Å². The number of ether oxygens (including phenoxy) is 2. The van der Waals surface area contributed by atoms with Gasteiger partial charge in [-0.15, -0.1) is 5.10 Å². The van der Waals surface area contributed by atoms with Crippen molar-refractivity contribution in [2.45, 2.75) is 58.7 Å². The van der Waals surface area contributed by atoms with Gasteiger partial charge in [-0.25, -0.2) is 8.42 Å². The molecule has 5 rings (SSSR count). The second-order valence-electron chi connectivity index (χ2n) is 10.1. The van der Waals surface area contributed by atoms with Gasteiger partial charge < -0.3 is 14.4 Å². The lowest BCUT2D eigenvalue weighted by Gasteiger charge is -2.26. The molecule has 11 heteroatoms. The smallest absolute Gasteiger partial charge is 0.241 e. The van der Waals surface area contributed by atoms with Crippen molar-refractivity contribution in [1.29, 1.82) is 0 Å². The van der Waals surface area contributed by atoms with Crippen LogP contribution in [0.5, 0.6) is 0 Å². The number of aromatic nitrogens is 3. The van der Waals surface area contributed by atoms with Gasteiger partial charge in [0.2, 0.25) is 15.9 Å². The number of aryl methyl sites for hydroxylation is 2. The predicted octanol–water partition coefficient (Wildman–Crippen LogP) is 2.97. The quantitative estimate of drug-likeness (QED) is 0.422. The molecule has 1 amide bonds. The molecular formula is C28H35N5O5S. The summed E-state index contributed by atoms with van der Waals surface area (Å²) in [5.41, 5.74) is 4.79. The third-order valence-corrected chi connectivity index (χ3v) is 9.04. The zero-order valence-electron chi connectivity index (χ0n) is 22.4. The minimum Gasteiger partial charge on any atom is -0.353 e. The molecule has 2 aromatic carbocycles. The Morgan fingerprint density at radius 1 is 0.974 bits per heavy atom. The maximum Gasteiger partial charge on any atom is 0.241 e. The standard InChI is InChI=1S/C28H35N5O5S/c1-21-4-8-24(9-5-21)25-10-6-23(7-11-25)18-33-22(2)28(34)31(14-17-39(33,35)36)19-26-20-32(30-29-26)13-12-27-37-15-3-16-38-27/h4-11,20,22,27H,3,12-19H2,1-2H3. The van der Waals surface area contributed by atoms with Gasteiger partial charge in [-0.1, -0.05) is 59.3 Å². The van der Waals surface area contributed by atoms with E-state index in [4.69, 9.17) is 9.47 Å². The average molecular weight is 554 g/mol. The number of nitrogens with zero attached hydrogens (tertiary/aromatic N) is 5. The van der Waals surface area contributed by atoms with E-state index in [9.17, 15) is 13.2 Å². The van der Waals surface area contributed by atoms with Gasteiger partial charge >= 0.3 is 0 Å². The molecule has 2 saturated heterocycles. The fraction of sp³-hybridized carbons (Fsp3) is 0.464. The number of hydrogen-bond acceptors (Lipinski definition) is 7. The molecule has 1 aromatic heterocycles. The monoisotopic (exact) mass is 553 g/mol. The van der Waals surface area contributed by atoms with E-state index in [1.165, 1.54) is 9.87 Å². The molecule has 0 saturated carbocycles. The van der Waals surface area contributed by atoms with Gasteiger partial charge in [0.1, 0.15) is 11.7 Å². The number of carbonyl (C=O) groups is 1. The highest BCUT2D eigenvalue weighted by molar-refractivity contribution is 7.89. The first-order chi connectivity index (χ1) is 18.8. The maximum absolute atomic E-state index is 13.4. The summed E-state index contributed by atoms with van der Waals surface area (Å²) in [5, 5.41) is 8.35. The Hall–Kier alpha value is -3.12. The second kappa shape index (κ2) is 12.0. The van der Waals surface area contributed by atoms with E-state index in [2.05, 4.69) is 34.6 Å². The predicted molar refractivity (Wildman–Crippen MR) is 146 cm³/mol. The van der Waals surface area contributed by atoms with Crippen LogP contribution in [0.25, 0.3) is 11.1 Å². The lowest BCUT2D eigenvalue weighted by molar-refractivity contribution is -0.182. The van der Waals surface area contributed by atoms with E-state index >= 15 is 0 Å². The minimum absolute atomic E-state index is 0.102. The van der Waals surface area contributed by atoms with Crippen molar-refractivity contribution in [2.24, 2.45) is 0 Å². The molecule has 2 aliphatic heterocycles. The normalized spacial score (nSPS) is 20.7. The molecule has 0 aliphatic carbocycles. The average Bonchev–Trinajstić information content (AvgIpc) is 3.38. The van der Waals surface area contributed by atoms with Crippen molar-refractivity contribution in [3.05, 3.63) is 71.5 Å². The van der Waals surface area contributed by atoms with E-state index in [0.29, 0.717) is 31.9 Å². The Kier molecular flexibility index (Phi) is 8.41. The van der Waals surface area contributed by atoms with Crippen LogP contribution in [-0.4, -0.2) is 76.4 Å². The Labute approximate surface area is 229 Å². The molecule has 2 fully saturated rings. The van der Waals surface area contributed by atoms with Crippen molar-refractivity contribution < 1.29 is 22.7 Å². The van der Waals surface area contributed by atoms with E-state index < -0.39 is 16.1 Å². The van der Waals surface area contributed by atoms with Gasteiger partial charge in [0, 0.05) is 26.1 Å². The number of amides is 1. The fourth-order valence-corrected chi connectivity index (χ4v) is 6.46. The highest BCUT2D eigenvalue weighted by Crippen LogP contribution is 2.24. The van der Waals surface area contributed by atoms with Crippen molar-refractivity contribution in [3.8, 4) is 11.1 Å². The van der Waals surface area contributed by atoms with Gasteiger partial charge in [-0.05, 0) is 37.0 Å². The molecule has 3 heterocycles. The summed E-state index contributed by atoms with van der Waals surface area (Å²) >= 11 is 0. The molecule has 10 nitrogen and oxygen atoms in total. The third kappa shape index (κ3) is 6.73. The van der Waals surface area contributed by atoms with E-state index in [0.717, 1.165) is 23.1 Å². The van der Waals surface area contributed by atoms with Crippen molar-refractivity contribution in [3.63, 3.8) is 0 Å². The molecule has 0 bridgehead atoms. The highest BCUT2D eigenvalue weighted by Gasteiger charge is 2.38. The topological polar surface area (TPSA) is 107 Å². The summed E-state index contributed by atoms with van der Waals surface area (Å²) in [7, 11) is -3.65. The molecule has 1 unspecified atom stereocenters. The summed E-state index contributed by atoms with van der Waals surface area (Å²) in [6.45, 7) is 6.11. The molecule has 0 N–H and O–H groups in total. The van der Waals surface area contributed by atoms with Crippen LogP contribution in [0.4, 0.5) is 0 Å². The second-order valence-corrected chi connectivity index (χ2v) is 12.2. The van der Waals surface area contributed by atoms with Crippen LogP contribution in [0.15, 0.2) is 54.7 Å². The summed E-state index contributed by atoms with van der Waals surface area (Å²) in [6.07, 6.45) is 3.10. The summed E-state index contributed by atoms with van der Waals surface area (Å²) in [5.74, 6) is -0.388. The number of hydrogen-bond donors (Lipinski definition) is 0. The van der Waals surface area contributed by atoms with Crippen molar-refractivity contribution >= 4 is 15.9 Å². The molecular weight excluding hydrogens is 518 g/mol. The molecule has 2 aliphatic rings. The molecule has 0 spiro atoms. The van der Waals surface area contributed by atoms with E-state index in [1.54, 1.807) is 22.7 Å². The maximum atomic E-state index is 13.4. The first-order valence-corrected chi connectivity index (χ1v) is 15.0. The van der Waals surface area contributed by atoms with Gasteiger partial charge in [0.05, 0.1) is 31.7 Å². The molecule has 208 valence electrons. The minimum atomic E-state index is -3.65. The first-order valence-electron chi connectivity index (χ1n) is 13.3.